The lowest BCUT2D eigenvalue weighted by Gasteiger charge is -2.34. The van der Waals surface area contributed by atoms with Crippen molar-refractivity contribution in [3.63, 3.8) is 0 Å². The first kappa shape index (κ1) is 9.63. The number of hydrogen-bond acceptors (Lipinski definition) is 5. The van der Waals surface area contributed by atoms with Crippen LogP contribution in [-0.4, -0.2) is 60.2 Å². The molecule has 1 saturated heterocycles. The lowest BCUT2D eigenvalue weighted by atomic mass is 10.1. The lowest BCUT2D eigenvalue weighted by molar-refractivity contribution is -0.126. The second-order valence-electron chi connectivity index (χ2n) is 3.48. The van der Waals surface area contributed by atoms with Crippen LogP contribution in [0.1, 0.15) is 0 Å². The highest BCUT2D eigenvalue weighted by Crippen LogP contribution is 2.21. The normalized spacial score (nSPS) is 29.9. The molecule has 3 amide bonds. The molecular formula is C8H10N4O3. The maximum Gasteiger partial charge on any atom is 0.325 e. The smallest absolute Gasteiger partial charge is 0.325 e. The molecule has 0 radical (unpaired) electrons. The van der Waals surface area contributed by atoms with Gasteiger partial charge in [0, 0.05) is 14.1 Å². The number of amidine groups is 1. The van der Waals surface area contributed by atoms with E-state index in [1.807, 2.05) is 0 Å². The largest absolute Gasteiger partial charge is 0.342 e. The molecule has 0 bridgehead atoms. The third-order valence-corrected chi connectivity index (χ3v) is 2.65. The first-order valence-electron chi connectivity index (χ1n) is 4.39. The van der Waals surface area contributed by atoms with Gasteiger partial charge in [-0.2, -0.15) is 0 Å². The Morgan fingerprint density at radius 2 is 2.00 bits per heavy atom. The number of nitrogens with zero attached hydrogens (tertiary/aromatic N) is 3. The van der Waals surface area contributed by atoms with Crippen LogP contribution in [0.2, 0.25) is 0 Å². The van der Waals surface area contributed by atoms with Gasteiger partial charge in [0.25, 0.3) is 5.91 Å². The average Bonchev–Trinajstić information content (AvgIpc) is 2.53. The maximum atomic E-state index is 11.5. The molecule has 2 unspecified atom stereocenters. The molecule has 80 valence electrons. The Hall–Kier alpha value is -1.92. The molecule has 0 saturated carbocycles. The van der Waals surface area contributed by atoms with E-state index in [1.54, 1.807) is 7.05 Å². The zero-order valence-corrected chi connectivity index (χ0v) is 8.30. The number of carbonyl (C=O) groups excluding carboxylic acids is 3. The third kappa shape index (κ3) is 1.19. The van der Waals surface area contributed by atoms with E-state index in [-0.39, 0.29) is 5.84 Å². The molecule has 0 spiro atoms. The average molecular weight is 210 g/mol. The summed E-state index contributed by atoms with van der Waals surface area (Å²) in [7, 11) is 3.13. The van der Waals surface area contributed by atoms with Gasteiger partial charge < -0.3 is 9.80 Å². The number of carbonyl (C=O) groups is 3. The molecule has 0 aromatic carbocycles. The number of amides is 3. The molecule has 0 aliphatic carbocycles. The first-order chi connectivity index (χ1) is 7.06. The number of aldehydes is 1. The van der Waals surface area contributed by atoms with Crippen LogP contribution in [0.4, 0.5) is 4.79 Å². The highest BCUT2D eigenvalue weighted by atomic mass is 16.2. The fourth-order valence-corrected chi connectivity index (χ4v) is 1.75. The van der Waals surface area contributed by atoms with E-state index >= 15 is 0 Å². The van der Waals surface area contributed by atoms with Crippen LogP contribution in [-0.2, 0) is 9.59 Å². The minimum Gasteiger partial charge on any atom is -0.342 e. The number of fused-ring (bicyclic) bond motifs is 1. The van der Waals surface area contributed by atoms with Crippen molar-refractivity contribution in [1.29, 1.82) is 0 Å². The van der Waals surface area contributed by atoms with E-state index < -0.39 is 24.1 Å². The van der Waals surface area contributed by atoms with E-state index in [0.29, 0.717) is 6.29 Å². The molecule has 2 atom stereocenters. The van der Waals surface area contributed by atoms with Gasteiger partial charge in [0.15, 0.2) is 24.3 Å². The molecule has 2 aliphatic rings. The van der Waals surface area contributed by atoms with Crippen molar-refractivity contribution in [2.45, 2.75) is 12.2 Å². The monoisotopic (exact) mass is 210 g/mol. The lowest BCUT2D eigenvalue weighted by Crippen LogP contribution is -2.63. The van der Waals surface area contributed by atoms with Crippen molar-refractivity contribution in [2.24, 2.45) is 4.99 Å². The van der Waals surface area contributed by atoms with Gasteiger partial charge in [0.05, 0.1) is 0 Å². The van der Waals surface area contributed by atoms with Gasteiger partial charge in [-0.1, -0.05) is 0 Å². The Labute approximate surface area is 85.7 Å². The van der Waals surface area contributed by atoms with E-state index in [4.69, 9.17) is 0 Å². The highest BCUT2D eigenvalue weighted by Gasteiger charge is 2.46. The second kappa shape index (κ2) is 3.04. The molecule has 0 aromatic rings. The minimum absolute atomic E-state index is 0.182. The predicted molar refractivity (Wildman–Crippen MR) is 50.1 cm³/mol. The molecule has 1 fully saturated rings. The zero-order valence-electron chi connectivity index (χ0n) is 8.30. The molecule has 1 N–H and O–H groups in total. The second-order valence-corrected chi connectivity index (χ2v) is 3.48. The number of imide groups is 1. The van der Waals surface area contributed by atoms with Crippen molar-refractivity contribution in [1.82, 2.24) is 15.1 Å². The molecule has 2 heterocycles. The number of nitrogens with one attached hydrogen (secondary N) is 1. The molecule has 7 nitrogen and oxygen atoms in total. The Balaban J connectivity index is 2.37. The van der Waals surface area contributed by atoms with Crippen LogP contribution in [0, 0.1) is 0 Å². The number of aliphatic imine (C=N–C) groups is 1. The van der Waals surface area contributed by atoms with Crippen molar-refractivity contribution in [3.05, 3.63) is 0 Å². The summed E-state index contributed by atoms with van der Waals surface area (Å²) in [6.07, 6.45) is -0.0272. The van der Waals surface area contributed by atoms with Crippen LogP contribution < -0.4 is 5.32 Å². The predicted octanol–water partition coefficient (Wildman–Crippen LogP) is -1.59. The van der Waals surface area contributed by atoms with Crippen molar-refractivity contribution >= 4 is 24.1 Å². The van der Waals surface area contributed by atoms with Crippen LogP contribution in [0.25, 0.3) is 0 Å². The molecule has 7 heteroatoms. The summed E-state index contributed by atoms with van der Waals surface area (Å²) in [6, 6.07) is -1.10. The van der Waals surface area contributed by atoms with Gasteiger partial charge in [-0.3, -0.25) is 14.9 Å². The van der Waals surface area contributed by atoms with E-state index in [9.17, 15) is 14.4 Å². The van der Waals surface area contributed by atoms with E-state index in [0.717, 1.165) is 0 Å². The third-order valence-electron chi connectivity index (χ3n) is 2.65. The number of likely N-dealkylation sites (N-methyl/N-ethyl adjacent to an activating group) is 2. The summed E-state index contributed by atoms with van der Waals surface area (Å²) in [6.45, 7) is 0. The summed E-state index contributed by atoms with van der Waals surface area (Å²) in [5.41, 5.74) is 0. The first-order valence-corrected chi connectivity index (χ1v) is 4.39. The Bertz CT molecular complexity index is 378. The SMILES string of the molecule is CN1C(=O)NC(=O)C2C1N=C(C=O)N2C. The summed E-state index contributed by atoms with van der Waals surface area (Å²) >= 11 is 0. The van der Waals surface area contributed by atoms with Crippen molar-refractivity contribution < 1.29 is 14.4 Å². The van der Waals surface area contributed by atoms with Crippen LogP contribution >= 0.6 is 0 Å². The van der Waals surface area contributed by atoms with Gasteiger partial charge >= 0.3 is 6.03 Å². The fourth-order valence-electron chi connectivity index (χ4n) is 1.75. The van der Waals surface area contributed by atoms with Gasteiger partial charge in [-0.05, 0) is 0 Å². The van der Waals surface area contributed by atoms with Crippen LogP contribution in [0.5, 0.6) is 0 Å². The van der Waals surface area contributed by atoms with Crippen molar-refractivity contribution in [3.8, 4) is 0 Å². The molecule has 0 aromatic heterocycles. The van der Waals surface area contributed by atoms with Crippen molar-refractivity contribution in [2.75, 3.05) is 14.1 Å². The maximum absolute atomic E-state index is 11.5. The summed E-state index contributed by atoms with van der Waals surface area (Å²) in [5, 5.41) is 2.19. The van der Waals surface area contributed by atoms with Gasteiger partial charge in [-0.25, -0.2) is 9.79 Å². The molecule has 2 rings (SSSR count). The summed E-state index contributed by atoms with van der Waals surface area (Å²) in [4.78, 5) is 40.2. The van der Waals surface area contributed by atoms with Gasteiger partial charge in [0.2, 0.25) is 0 Å². The van der Waals surface area contributed by atoms with Crippen LogP contribution in [0.3, 0.4) is 0 Å². The number of rotatable bonds is 1. The van der Waals surface area contributed by atoms with Gasteiger partial charge in [0.1, 0.15) is 0 Å². The quantitative estimate of drug-likeness (QED) is 0.529. The fraction of sp³-hybridized carbons (Fsp3) is 0.500. The Kier molecular flexibility index (Phi) is 1.95. The Morgan fingerprint density at radius 3 is 2.60 bits per heavy atom. The molecule has 15 heavy (non-hydrogen) atoms. The Morgan fingerprint density at radius 1 is 1.33 bits per heavy atom. The summed E-state index contributed by atoms with van der Waals surface area (Å²) < 4.78 is 0. The topological polar surface area (TPSA) is 82.1 Å². The highest BCUT2D eigenvalue weighted by molar-refractivity contribution is 6.28. The standard InChI is InChI=1S/C8H10N4O3/c1-11-4(3-13)9-6-5(11)7(14)10-8(15)12(6)2/h3,5-6H,1-2H3,(H,10,14,15). The molecular weight excluding hydrogens is 200 g/mol. The van der Waals surface area contributed by atoms with E-state index in [2.05, 4.69) is 10.3 Å². The van der Waals surface area contributed by atoms with Crippen LogP contribution in [0.15, 0.2) is 4.99 Å². The minimum atomic E-state index is -0.604. The number of urea groups is 1. The molecule has 2 aliphatic heterocycles. The van der Waals surface area contributed by atoms with E-state index in [1.165, 1.54) is 16.8 Å². The summed E-state index contributed by atoms with van der Waals surface area (Å²) in [5.74, 6) is -0.243. The number of hydrogen-bond donors (Lipinski definition) is 1. The van der Waals surface area contributed by atoms with Gasteiger partial charge in [-0.15, -0.1) is 0 Å². The zero-order chi connectivity index (χ0) is 11.2.